The van der Waals surface area contributed by atoms with Crippen LogP contribution in [0.3, 0.4) is 0 Å². The van der Waals surface area contributed by atoms with Crippen molar-refractivity contribution in [2.45, 2.75) is 26.4 Å². The summed E-state index contributed by atoms with van der Waals surface area (Å²) in [5.74, 6) is 2.11. The van der Waals surface area contributed by atoms with Crippen molar-refractivity contribution in [3.63, 3.8) is 0 Å². The number of methoxy groups -OCH3 is 2. The molecule has 4 aromatic rings. The molecule has 0 spiro atoms. The molecule has 1 heterocycles. The zero-order chi connectivity index (χ0) is 33.2. The summed E-state index contributed by atoms with van der Waals surface area (Å²) in [7, 11) is 2.94. The Morgan fingerprint density at radius 2 is 1.45 bits per heavy atom. The lowest BCUT2D eigenvalue weighted by Crippen LogP contribution is -2.38. The van der Waals surface area contributed by atoms with Crippen LogP contribution in [0.4, 0.5) is 5.69 Å². The number of hydrogen-bond donors (Lipinski definition) is 0. The Bertz CT molecular complexity index is 1650. The molecule has 1 aliphatic heterocycles. The number of hydrogen-bond acceptors (Lipinski definition) is 8. The van der Waals surface area contributed by atoms with Crippen LogP contribution in [-0.4, -0.2) is 63.5 Å². The Balaban J connectivity index is 1.40. The van der Waals surface area contributed by atoms with Crippen LogP contribution in [0.1, 0.15) is 48.6 Å². The van der Waals surface area contributed by atoms with E-state index in [0.717, 1.165) is 67.3 Å². The van der Waals surface area contributed by atoms with Crippen LogP contribution in [0.5, 0.6) is 23.0 Å². The molecule has 0 amide bonds. The topological polar surface area (TPSA) is 92.5 Å². The molecule has 0 radical (unpaired) electrons. The van der Waals surface area contributed by atoms with Crippen LogP contribution < -0.4 is 18.9 Å². The molecule has 4 aromatic carbocycles. The number of rotatable bonds is 14. The molecule has 5 rings (SSSR count). The maximum Gasteiger partial charge on any atom is 0.280 e. The van der Waals surface area contributed by atoms with Crippen molar-refractivity contribution < 1.29 is 28.6 Å². The third-order valence-corrected chi connectivity index (χ3v) is 8.32. The van der Waals surface area contributed by atoms with Crippen LogP contribution >= 0.6 is 0 Å². The largest absolute Gasteiger partial charge is 0.493 e. The highest BCUT2D eigenvalue weighted by Gasteiger charge is 2.25. The first-order valence-corrected chi connectivity index (χ1v) is 15.9. The number of nitrogens with zero attached hydrogens (tertiary/aromatic N) is 2. The minimum Gasteiger partial charge on any atom is -0.493 e. The zero-order valence-corrected chi connectivity index (χ0v) is 27.4. The van der Waals surface area contributed by atoms with E-state index in [0.29, 0.717) is 23.7 Å². The second-order valence-corrected chi connectivity index (χ2v) is 11.2. The molecule has 0 aromatic heterocycles. The van der Waals surface area contributed by atoms with Gasteiger partial charge in [-0.15, -0.1) is 0 Å². The summed E-state index contributed by atoms with van der Waals surface area (Å²) < 4.78 is 28.4. The van der Waals surface area contributed by atoms with Gasteiger partial charge < -0.3 is 23.7 Å². The van der Waals surface area contributed by atoms with Gasteiger partial charge in [-0.05, 0) is 71.5 Å². The molecule has 0 bridgehead atoms. The van der Waals surface area contributed by atoms with E-state index in [2.05, 4.69) is 48.2 Å². The average molecular weight is 639 g/mol. The second-order valence-electron chi connectivity index (χ2n) is 11.2. The van der Waals surface area contributed by atoms with Crippen molar-refractivity contribution in [1.82, 2.24) is 4.90 Å². The smallest absolute Gasteiger partial charge is 0.280 e. The Morgan fingerprint density at radius 1 is 0.851 bits per heavy atom. The van der Waals surface area contributed by atoms with Crippen LogP contribution in [0, 0.1) is 10.1 Å². The Morgan fingerprint density at radius 3 is 2.02 bits per heavy atom. The first kappa shape index (κ1) is 33.5. The molecule has 0 N–H and O–H groups in total. The third-order valence-electron chi connectivity index (χ3n) is 8.32. The third kappa shape index (κ3) is 8.30. The van der Waals surface area contributed by atoms with Crippen molar-refractivity contribution in [1.29, 1.82) is 0 Å². The Labute approximate surface area is 276 Å². The van der Waals surface area contributed by atoms with E-state index in [-0.39, 0.29) is 11.4 Å². The van der Waals surface area contributed by atoms with Gasteiger partial charge in [0, 0.05) is 19.6 Å². The lowest BCUT2D eigenvalue weighted by molar-refractivity contribution is -0.386. The highest BCUT2D eigenvalue weighted by atomic mass is 16.6. The molecule has 0 aliphatic carbocycles. The summed E-state index contributed by atoms with van der Waals surface area (Å²) in [6, 6.07) is 29.5. The van der Waals surface area contributed by atoms with E-state index in [1.54, 1.807) is 13.0 Å². The van der Waals surface area contributed by atoms with Gasteiger partial charge in [0.15, 0.2) is 11.5 Å². The van der Waals surface area contributed by atoms with E-state index in [1.807, 2.05) is 42.5 Å². The highest BCUT2D eigenvalue weighted by molar-refractivity contribution is 5.98. The molecule has 1 aliphatic rings. The standard InChI is InChI=1S/C38H42N2O7/c1-5-33(28-9-7-6-8-10-28)38(29-11-15-31(16-12-29)46-24-21-39-19-22-45-23-20-39)30-13-17-32(18-14-30)47-27(2)34-25-36(43-3)37(44-4)26-35(34)40(41)42/h6-18,25-27H,5,19-24H2,1-4H3. The van der Waals surface area contributed by atoms with Crippen LogP contribution in [-0.2, 0) is 4.74 Å². The number of morpholine rings is 1. The number of nitro groups is 1. The lowest BCUT2D eigenvalue weighted by Gasteiger charge is -2.26. The van der Waals surface area contributed by atoms with E-state index in [9.17, 15) is 10.1 Å². The monoisotopic (exact) mass is 638 g/mol. The Hall–Kier alpha value is -4.86. The molecule has 0 saturated carbocycles. The fourth-order valence-corrected chi connectivity index (χ4v) is 5.85. The summed E-state index contributed by atoms with van der Waals surface area (Å²) in [6.45, 7) is 8.87. The van der Waals surface area contributed by atoms with Gasteiger partial charge in [0.25, 0.3) is 5.69 Å². The van der Waals surface area contributed by atoms with E-state index >= 15 is 0 Å². The van der Waals surface area contributed by atoms with Gasteiger partial charge in [-0.2, -0.15) is 0 Å². The van der Waals surface area contributed by atoms with Gasteiger partial charge in [-0.25, -0.2) is 0 Å². The first-order valence-electron chi connectivity index (χ1n) is 15.9. The van der Waals surface area contributed by atoms with Gasteiger partial charge in [0.05, 0.1) is 44.0 Å². The molecular formula is C38H42N2O7. The minimum atomic E-state index is -0.623. The summed E-state index contributed by atoms with van der Waals surface area (Å²) in [6.07, 6.45) is 0.206. The van der Waals surface area contributed by atoms with Gasteiger partial charge in [0.1, 0.15) is 24.2 Å². The van der Waals surface area contributed by atoms with Crippen molar-refractivity contribution in [3.05, 3.63) is 123 Å². The Kier molecular flexibility index (Phi) is 11.5. The highest BCUT2D eigenvalue weighted by Crippen LogP contribution is 2.40. The predicted molar refractivity (Wildman–Crippen MR) is 184 cm³/mol. The molecule has 1 unspecified atom stereocenters. The molecule has 1 fully saturated rings. The number of nitro benzene ring substituents is 1. The SMILES string of the molecule is CCC(=C(c1ccc(OCCN2CCOCC2)cc1)c1ccc(OC(C)c2cc(OC)c(OC)cc2[N+](=O)[O-])cc1)c1ccccc1. The molecular weight excluding hydrogens is 596 g/mol. The fourth-order valence-electron chi connectivity index (χ4n) is 5.85. The number of allylic oxidation sites excluding steroid dienone is 1. The lowest BCUT2D eigenvalue weighted by atomic mass is 9.88. The van der Waals surface area contributed by atoms with Crippen molar-refractivity contribution >= 4 is 16.8 Å². The molecule has 47 heavy (non-hydrogen) atoms. The quantitative estimate of drug-likeness (QED) is 0.0784. The molecule has 1 saturated heterocycles. The van der Waals surface area contributed by atoms with Crippen molar-refractivity contribution in [2.24, 2.45) is 0 Å². The average Bonchev–Trinajstić information content (AvgIpc) is 3.11. The summed E-state index contributed by atoms with van der Waals surface area (Å²) in [4.78, 5) is 13.8. The van der Waals surface area contributed by atoms with Gasteiger partial charge >= 0.3 is 0 Å². The molecule has 9 heteroatoms. The van der Waals surface area contributed by atoms with Crippen molar-refractivity contribution in [2.75, 3.05) is 53.7 Å². The summed E-state index contributed by atoms with van der Waals surface area (Å²) in [5, 5.41) is 11.9. The van der Waals surface area contributed by atoms with E-state index < -0.39 is 11.0 Å². The van der Waals surface area contributed by atoms with Crippen LogP contribution in [0.2, 0.25) is 0 Å². The number of ether oxygens (including phenoxy) is 5. The summed E-state index contributed by atoms with van der Waals surface area (Å²) in [5.41, 5.74) is 5.90. The van der Waals surface area contributed by atoms with Crippen LogP contribution in [0.15, 0.2) is 91.0 Å². The van der Waals surface area contributed by atoms with Gasteiger partial charge in [0.2, 0.25) is 0 Å². The number of benzene rings is 4. The second kappa shape index (κ2) is 16.1. The molecule has 9 nitrogen and oxygen atoms in total. The van der Waals surface area contributed by atoms with Gasteiger partial charge in [-0.1, -0.05) is 61.5 Å². The van der Waals surface area contributed by atoms with E-state index in [1.165, 1.54) is 25.9 Å². The minimum absolute atomic E-state index is 0.0963. The first-order chi connectivity index (χ1) is 22.9. The maximum atomic E-state index is 11.9. The summed E-state index contributed by atoms with van der Waals surface area (Å²) >= 11 is 0. The van der Waals surface area contributed by atoms with E-state index in [4.69, 9.17) is 23.7 Å². The maximum absolute atomic E-state index is 11.9. The molecule has 246 valence electrons. The molecule has 1 atom stereocenters. The zero-order valence-electron chi connectivity index (χ0n) is 27.4. The van der Waals surface area contributed by atoms with Gasteiger partial charge in [-0.3, -0.25) is 15.0 Å². The van der Waals surface area contributed by atoms with Crippen LogP contribution in [0.25, 0.3) is 11.1 Å². The normalized spacial score (nSPS) is 14.6. The fraction of sp³-hybridized carbons (Fsp3) is 0.316. The van der Waals surface area contributed by atoms with Crippen molar-refractivity contribution in [3.8, 4) is 23.0 Å². The predicted octanol–water partition coefficient (Wildman–Crippen LogP) is 7.83.